The summed E-state index contributed by atoms with van der Waals surface area (Å²) in [5.41, 5.74) is -4.49. The maximum Gasteiger partial charge on any atom is 0.422 e. The molecule has 0 bridgehead atoms. The van der Waals surface area contributed by atoms with E-state index >= 15 is 0 Å². The van der Waals surface area contributed by atoms with Gasteiger partial charge in [-0.1, -0.05) is 40.2 Å². The smallest absolute Gasteiger partial charge is 0.394 e. The van der Waals surface area contributed by atoms with Crippen LogP contribution in [0.1, 0.15) is 22.9 Å². The number of carbonyl (C=O) groups excluding carboxylic acids is 1. The molecule has 9 N–H and O–H groups in total. The Kier molecular flexibility index (Phi) is 12.3. The van der Waals surface area contributed by atoms with Crippen molar-refractivity contribution in [1.82, 2.24) is 25.4 Å². The van der Waals surface area contributed by atoms with Gasteiger partial charge in [-0.3, -0.25) is 20.6 Å². The van der Waals surface area contributed by atoms with Gasteiger partial charge in [-0.25, -0.2) is 9.67 Å². The predicted molar refractivity (Wildman–Crippen MR) is 170 cm³/mol. The number of aromatic nitrogens is 5. The molecule has 5 rings (SSSR count). The predicted octanol–water partition coefficient (Wildman–Crippen LogP) is 0.762. The third kappa shape index (κ3) is 8.59. The second-order valence-electron chi connectivity index (χ2n) is 11.3. The number of nitrogens with zero attached hydrogens (tertiary/aromatic N) is 5. The highest BCUT2D eigenvalue weighted by Crippen LogP contribution is 2.40. The van der Waals surface area contributed by atoms with Crippen LogP contribution in [-0.4, -0.2) is 112 Å². The van der Waals surface area contributed by atoms with E-state index in [0.29, 0.717) is 36.3 Å². The van der Waals surface area contributed by atoms with Gasteiger partial charge in [-0.15, -0.1) is 5.10 Å². The monoisotopic (exact) mass is 819 g/mol. The molecule has 0 aromatic carbocycles. The highest BCUT2D eigenvalue weighted by Gasteiger charge is 2.50. The Balaban J connectivity index is 1.41. The van der Waals surface area contributed by atoms with Crippen LogP contribution in [0.4, 0.5) is 26.3 Å². The number of hydrogen-bond acceptors (Lipinski definition) is 15. The Bertz CT molecular complexity index is 1890. The summed E-state index contributed by atoms with van der Waals surface area (Å²) in [5, 5.41) is 60.2. The van der Waals surface area contributed by atoms with E-state index in [1.54, 1.807) is 0 Å². The lowest BCUT2D eigenvalue weighted by Gasteiger charge is -2.43. The van der Waals surface area contributed by atoms with Crippen LogP contribution in [0.5, 0.6) is 0 Å². The van der Waals surface area contributed by atoms with Crippen LogP contribution in [0.2, 0.25) is 10.0 Å². The number of nitrogens with one attached hydrogen (secondary N) is 2. The number of alkyl halides is 6. The van der Waals surface area contributed by atoms with Crippen molar-refractivity contribution in [1.29, 1.82) is 0 Å². The van der Waals surface area contributed by atoms with Crippen molar-refractivity contribution in [3.63, 3.8) is 0 Å². The van der Waals surface area contributed by atoms with Crippen LogP contribution in [-0.2, 0) is 26.6 Å². The van der Waals surface area contributed by atoms with Crippen molar-refractivity contribution in [2.75, 3.05) is 13.2 Å². The molecule has 0 aliphatic carbocycles. The van der Waals surface area contributed by atoms with Gasteiger partial charge >= 0.3 is 12.4 Å². The van der Waals surface area contributed by atoms with Gasteiger partial charge < -0.3 is 40.4 Å². The number of carbonyl (C=O) groups is 1. The first-order valence-corrected chi connectivity index (χ1v) is 16.5. The van der Waals surface area contributed by atoms with E-state index in [9.17, 15) is 56.7 Å². The number of Topliss-reactive ketones (excluding diaryl/α,β-unsaturated/α-hetero) is 1. The van der Waals surface area contributed by atoms with Crippen LogP contribution in [0, 0.1) is 0 Å². The first-order valence-electron chi connectivity index (χ1n) is 14.8. The lowest BCUT2D eigenvalue weighted by Crippen LogP contribution is -2.57. The Labute approximate surface area is 307 Å². The number of ketones is 1. The summed E-state index contributed by atoms with van der Waals surface area (Å²) in [6.07, 6.45) is -14.7. The van der Waals surface area contributed by atoms with Crippen molar-refractivity contribution in [3.05, 3.63) is 63.8 Å². The first-order chi connectivity index (χ1) is 24.9. The second-order valence-corrected chi connectivity index (χ2v) is 13.3. The zero-order valence-electron chi connectivity index (χ0n) is 26.2. The lowest BCUT2D eigenvalue weighted by atomic mass is 9.97. The van der Waals surface area contributed by atoms with Gasteiger partial charge in [0, 0.05) is 6.20 Å². The highest BCUT2D eigenvalue weighted by atomic mass is 35.5. The van der Waals surface area contributed by atoms with E-state index < -0.39 is 106 Å². The molecule has 25 heteroatoms. The Hall–Kier alpha value is -3.49. The summed E-state index contributed by atoms with van der Waals surface area (Å²) in [6, 6.07) is -0.226. The molecule has 0 spiro atoms. The van der Waals surface area contributed by atoms with Gasteiger partial charge in [0.05, 0.1) is 36.2 Å². The van der Waals surface area contributed by atoms with Crippen molar-refractivity contribution in [2.24, 2.45) is 10.8 Å². The molecule has 0 saturated carbocycles. The molecule has 16 nitrogen and oxygen atoms in total. The Morgan fingerprint density at radius 2 is 1.72 bits per heavy atom. The number of hydrogen-bond donors (Lipinski definition) is 7. The van der Waals surface area contributed by atoms with E-state index in [0.717, 1.165) is 17.1 Å². The number of halogens is 8. The molecular formula is C28H27Cl2F6N8O8S+. The third-order valence-corrected chi connectivity index (χ3v) is 9.75. The minimum absolute atomic E-state index is 0.148. The molecule has 2 aliphatic rings. The number of thioether (sulfide) groups is 1. The minimum Gasteiger partial charge on any atom is -0.394 e. The van der Waals surface area contributed by atoms with Gasteiger partial charge in [0.2, 0.25) is 11.5 Å². The van der Waals surface area contributed by atoms with Crippen molar-refractivity contribution in [3.8, 4) is 11.4 Å². The first kappa shape index (κ1) is 40.7. The summed E-state index contributed by atoms with van der Waals surface area (Å²) in [5.74, 6) is 4.52. The molecule has 8 atom stereocenters. The molecule has 5 unspecified atom stereocenters. The molecular weight excluding hydrogens is 793 g/mol. The molecule has 3 aromatic heterocycles. The summed E-state index contributed by atoms with van der Waals surface area (Å²) in [7, 11) is 0. The van der Waals surface area contributed by atoms with Crippen LogP contribution in [0.25, 0.3) is 17.1 Å². The average molecular weight is 821 g/mol. The number of ether oxygens (including phenoxy) is 2. The molecule has 0 radical (unpaired) electrons. The standard InChI is InChI=1S/C28H26Cl2F6N8O8S/c29-11-1-9(27(31,32)33)3-38-17(11)13(41-37)5-40-19-21(47)15(7-45)51-25(23(19)49)53-26-24(50)20(22(48)16(8-46)52-26)44-6-14(42-43-44)18-12(30)2-10(4-39-18)28(34,35)36/h1-6,15-16,20,22-26,41,45-46,48-50H,7-8,37H2/p+1/b13-5-,40-19?/t15?,16?,20?,22?,23?,24-,25+,26+/m1/s1. The summed E-state index contributed by atoms with van der Waals surface area (Å²) >= 11 is 12.6. The third-order valence-electron chi connectivity index (χ3n) is 7.87. The lowest BCUT2D eigenvalue weighted by molar-refractivity contribution is -0.385. The topological polar surface area (TPSA) is 245 Å². The van der Waals surface area contributed by atoms with E-state index in [-0.39, 0.29) is 22.8 Å². The zero-order valence-corrected chi connectivity index (χ0v) is 28.5. The fraction of sp³-hybridized carbons (Fsp3) is 0.429. The molecule has 3 aromatic rings. The van der Waals surface area contributed by atoms with Crippen LogP contribution in [0.15, 0.2) is 41.9 Å². The normalized spacial score (nSPS) is 28.1. The van der Waals surface area contributed by atoms with Crippen molar-refractivity contribution >= 4 is 52.2 Å². The number of aromatic amines is 1. The van der Waals surface area contributed by atoms with Crippen LogP contribution >= 0.6 is 35.0 Å². The molecule has 2 fully saturated rings. The number of aliphatic hydroxyl groups excluding tert-OH is 5. The van der Waals surface area contributed by atoms with E-state index in [1.807, 2.05) is 0 Å². The van der Waals surface area contributed by atoms with Crippen molar-refractivity contribution in [2.45, 2.75) is 59.8 Å². The van der Waals surface area contributed by atoms with Gasteiger partial charge in [-0.05, 0) is 12.1 Å². The fourth-order valence-corrected chi connectivity index (χ4v) is 7.00. The number of nitrogens with two attached hydrogens (primary N) is 1. The van der Waals surface area contributed by atoms with E-state index in [1.165, 1.54) is 0 Å². The maximum absolute atomic E-state index is 13.1. The number of aliphatic hydroxyl groups is 5. The van der Waals surface area contributed by atoms with Gasteiger partial charge in [-0.2, -0.15) is 26.3 Å². The fourth-order valence-electron chi connectivity index (χ4n) is 5.19. The number of H-pyrrole nitrogens is 1. The van der Waals surface area contributed by atoms with E-state index in [2.05, 4.69) is 30.7 Å². The molecule has 5 heterocycles. The molecule has 288 valence electrons. The Morgan fingerprint density at radius 3 is 2.30 bits per heavy atom. The van der Waals surface area contributed by atoms with Crippen LogP contribution in [0.3, 0.4) is 0 Å². The second kappa shape index (κ2) is 16.1. The zero-order chi connectivity index (χ0) is 39.0. The largest absolute Gasteiger partial charge is 0.422 e. The number of rotatable bonds is 9. The summed E-state index contributed by atoms with van der Waals surface area (Å²) in [4.78, 5) is 23.0. The average Bonchev–Trinajstić information content (AvgIpc) is 3.57. The minimum atomic E-state index is -4.73. The van der Waals surface area contributed by atoms with Crippen LogP contribution < -0.4 is 16.3 Å². The molecule has 2 saturated heterocycles. The molecule has 2 aliphatic heterocycles. The summed E-state index contributed by atoms with van der Waals surface area (Å²) in [6.45, 7) is -1.72. The van der Waals surface area contributed by atoms with Gasteiger partial charge in [0.15, 0.2) is 6.20 Å². The maximum atomic E-state index is 13.1. The SMILES string of the molecule is NN/C(=C\N=C1C(=O)C(CO)O[C@@H](S[C@@H]2OC(CO)C(O)C(n3cc(-c4ncc(C(F)(F)F)cc4Cl)nn3)[C@H]2O)C1O)c1[nH+]cc(C(F)(F)F)cc1Cl. The molecule has 53 heavy (non-hydrogen) atoms. The quantitative estimate of drug-likeness (QED) is 0.0896. The van der Waals surface area contributed by atoms with Crippen molar-refractivity contribution < 1.29 is 71.1 Å². The Morgan fingerprint density at radius 1 is 1.04 bits per heavy atom. The van der Waals surface area contributed by atoms with E-state index in [4.69, 9.17) is 38.5 Å². The van der Waals surface area contributed by atoms with Gasteiger partial charge in [0.25, 0.3) is 0 Å². The number of aliphatic imine (C=N–C) groups is 1. The summed E-state index contributed by atoms with van der Waals surface area (Å²) < 4.78 is 90.7. The highest BCUT2D eigenvalue weighted by molar-refractivity contribution is 8.00. The molecule has 0 amide bonds. The number of hydrazine groups is 1. The van der Waals surface area contributed by atoms with Gasteiger partial charge in [0.1, 0.15) is 80.8 Å². The number of pyridine rings is 2.